The molecule has 1 unspecified atom stereocenters. The third-order valence-corrected chi connectivity index (χ3v) is 4.61. The van der Waals surface area contributed by atoms with Crippen LogP contribution in [0.5, 0.6) is 11.5 Å². The van der Waals surface area contributed by atoms with E-state index in [2.05, 4.69) is 16.3 Å². The molecule has 2 aromatic carbocycles. The Kier molecular flexibility index (Phi) is 5.78. The summed E-state index contributed by atoms with van der Waals surface area (Å²) in [6, 6.07) is 13.1. The van der Waals surface area contributed by atoms with Crippen LogP contribution in [-0.4, -0.2) is 37.7 Å². The fraction of sp³-hybridized carbons (Fsp3) is 0.368. The van der Waals surface area contributed by atoms with E-state index in [1.165, 1.54) is 6.07 Å². The molecule has 0 bridgehead atoms. The molecule has 2 aliphatic rings. The average molecular weight is 365 g/mol. The Morgan fingerprint density at radius 2 is 1.96 bits per heavy atom. The van der Waals surface area contributed by atoms with Crippen LogP contribution in [0.25, 0.3) is 0 Å². The zero-order valence-corrected chi connectivity index (χ0v) is 14.7. The molecule has 0 radical (unpaired) electrons. The lowest BCUT2D eigenvalue weighted by molar-refractivity contribution is 0.142. The molecule has 4 nitrogen and oxygen atoms in total. The van der Waals surface area contributed by atoms with Crippen LogP contribution in [0, 0.1) is 5.82 Å². The Balaban J connectivity index is 0.00000182. The Bertz CT molecular complexity index is 728. The highest BCUT2D eigenvalue weighted by Gasteiger charge is 2.26. The molecule has 1 saturated heterocycles. The zero-order chi connectivity index (χ0) is 16.4. The van der Waals surface area contributed by atoms with Gasteiger partial charge in [0.1, 0.15) is 19.0 Å². The Hall–Kier alpha value is -1.82. The molecule has 1 atom stereocenters. The number of halogens is 2. The van der Waals surface area contributed by atoms with E-state index in [1.807, 2.05) is 18.2 Å². The lowest BCUT2D eigenvalue weighted by Gasteiger charge is -2.37. The largest absolute Gasteiger partial charge is 0.486 e. The summed E-state index contributed by atoms with van der Waals surface area (Å²) >= 11 is 0. The lowest BCUT2D eigenvalue weighted by Crippen LogP contribution is -2.45. The second-order valence-electron chi connectivity index (χ2n) is 6.19. The summed E-state index contributed by atoms with van der Waals surface area (Å²) in [5.41, 5.74) is 2.12. The Morgan fingerprint density at radius 3 is 2.84 bits per heavy atom. The van der Waals surface area contributed by atoms with Crippen LogP contribution in [0.2, 0.25) is 0 Å². The maximum absolute atomic E-state index is 13.6. The van der Waals surface area contributed by atoms with E-state index in [1.54, 1.807) is 12.1 Å². The molecule has 1 fully saturated rings. The van der Waals surface area contributed by atoms with Gasteiger partial charge in [-0.3, -0.25) is 4.90 Å². The zero-order valence-electron chi connectivity index (χ0n) is 13.9. The van der Waals surface area contributed by atoms with Crippen LogP contribution in [-0.2, 0) is 6.54 Å². The van der Waals surface area contributed by atoms with E-state index in [4.69, 9.17) is 9.47 Å². The molecule has 4 rings (SSSR count). The van der Waals surface area contributed by atoms with Gasteiger partial charge in [-0.2, -0.15) is 0 Å². The molecular weight excluding hydrogens is 343 g/mol. The van der Waals surface area contributed by atoms with Crippen LogP contribution in [0.4, 0.5) is 4.39 Å². The normalized spacial score (nSPS) is 20.0. The minimum Gasteiger partial charge on any atom is -0.486 e. The maximum Gasteiger partial charge on any atom is 0.165 e. The van der Waals surface area contributed by atoms with Gasteiger partial charge in [-0.25, -0.2) is 4.39 Å². The fourth-order valence-electron chi connectivity index (χ4n) is 3.46. The third kappa shape index (κ3) is 3.89. The summed E-state index contributed by atoms with van der Waals surface area (Å²) in [6.45, 7) is 4.59. The number of benzene rings is 2. The summed E-state index contributed by atoms with van der Waals surface area (Å²) in [5.74, 6) is 1.48. The number of hydrogen-bond acceptors (Lipinski definition) is 4. The number of ether oxygens (including phenoxy) is 2. The van der Waals surface area contributed by atoms with Crippen LogP contribution >= 0.6 is 12.4 Å². The molecule has 6 heteroatoms. The molecule has 1 N–H and O–H groups in total. The number of para-hydroxylation sites is 1. The topological polar surface area (TPSA) is 33.7 Å². The van der Waals surface area contributed by atoms with Crippen molar-refractivity contribution in [1.29, 1.82) is 0 Å². The first-order valence-corrected chi connectivity index (χ1v) is 8.39. The van der Waals surface area contributed by atoms with Crippen molar-refractivity contribution in [3.63, 3.8) is 0 Å². The van der Waals surface area contributed by atoms with Crippen molar-refractivity contribution < 1.29 is 13.9 Å². The van der Waals surface area contributed by atoms with Gasteiger partial charge >= 0.3 is 0 Å². The number of nitrogens with zero attached hydrogens (tertiary/aromatic N) is 1. The van der Waals surface area contributed by atoms with Crippen molar-refractivity contribution in [3.05, 3.63) is 59.4 Å². The summed E-state index contributed by atoms with van der Waals surface area (Å²) in [7, 11) is 0. The van der Waals surface area contributed by atoms with E-state index in [-0.39, 0.29) is 24.3 Å². The van der Waals surface area contributed by atoms with Crippen molar-refractivity contribution in [2.24, 2.45) is 0 Å². The number of rotatable bonds is 3. The summed E-state index contributed by atoms with van der Waals surface area (Å²) in [4.78, 5) is 2.37. The summed E-state index contributed by atoms with van der Waals surface area (Å²) in [5, 5.41) is 3.41. The Labute approximate surface area is 153 Å². The van der Waals surface area contributed by atoms with Crippen molar-refractivity contribution in [2.45, 2.75) is 12.6 Å². The summed E-state index contributed by atoms with van der Waals surface area (Å²) in [6.07, 6.45) is 0. The van der Waals surface area contributed by atoms with E-state index in [0.29, 0.717) is 13.2 Å². The van der Waals surface area contributed by atoms with Gasteiger partial charge in [0, 0.05) is 37.8 Å². The lowest BCUT2D eigenvalue weighted by atomic mass is 10.0. The molecule has 134 valence electrons. The predicted octanol–water partition coefficient (Wildman–Crippen LogP) is 3.17. The van der Waals surface area contributed by atoms with Gasteiger partial charge in [-0.15, -0.1) is 12.4 Å². The molecule has 2 aromatic rings. The van der Waals surface area contributed by atoms with Gasteiger partial charge in [0.05, 0.1) is 0 Å². The molecule has 2 heterocycles. The molecule has 0 saturated carbocycles. The minimum atomic E-state index is -0.188. The van der Waals surface area contributed by atoms with Gasteiger partial charge in [0.15, 0.2) is 11.5 Å². The third-order valence-electron chi connectivity index (χ3n) is 4.61. The van der Waals surface area contributed by atoms with Crippen molar-refractivity contribution in [3.8, 4) is 11.5 Å². The first kappa shape index (κ1) is 18.0. The highest BCUT2D eigenvalue weighted by molar-refractivity contribution is 5.85. The van der Waals surface area contributed by atoms with Gasteiger partial charge in [0.25, 0.3) is 0 Å². The van der Waals surface area contributed by atoms with Crippen molar-refractivity contribution in [2.75, 3.05) is 32.8 Å². The molecule has 0 aliphatic carbocycles. The molecule has 0 amide bonds. The van der Waals surface area contributed by atoms with Crippen LogP contribution in [0.1, 0.15) is 17.2 Å². The summed E-state index contributed by atoms with van der Waals surface area (Å²) < 4.78 is 25.1. The standard InChI is InChI=1S/C19H21FN2O2.ClH/c20-16-5-1-3-14(11-16)17-12-21-7-8-22(17)13-15-4-2-6-18-19(15)24-10-9-23-18;/h1-6,11,17,21H,7-10,12-13H2;1H. The second-order valence-corrected chi connectivity index (χ2v) is 6.19. The molecule has 0 aromatic heterocycles. The van der Waals surface area contributed by atoms with Crippen molar-refractivity contribution >= 4 is 12.4 Å². The van der Waals surface area contributed by atoms with Gasteiger partial charge in [-0.1, -0.05) is 24.3 Å². The van der Waals surface area contributed by atoms with Gasteiger partial charge in [0.2, 0.25) is 0 Å². The van der Waals surface area contributed by atoms with Crippen LogP contribution in [0.15, 0.2) is 42.5 Å². The van der Waals surface area contributed by atoms with Gasteiger partial charge < -0.3 is 14.8 Å². The number of piperazine rings is 1. The fourth-order valence-corrected chi connectivity index (χ4v) is 3.46. The molecule has 25 heavy (non-hydrogen) atoms. The second kappa shape index (κ2) is 8.04. The monoisotopic (exact) mass is 364 g/mol. The molecule has 2 aliphatic heterocycles. The van der Waals surface area contributed by atoms with Crippen LogP contribution in [0.3, 0.4) is 0 Å². The van der Waals surface area contributed by atoms with Crippen molar-refractivity contribution in [1.82, 2.24) is 10.2 Å². The van der Waals surface area contributed by atoms with Crippen LogP contribution < -0.4 is 14.8 Å². The number of hydrogen-bond donors (Lipinski definition) is 1. The smallest absolute Gasteiger partial charge is 0.165 e. The van der Waals surface area contributed by atoms with Gasteiger partial charge in [-0.05, 0) is 23.8 Å². The quantitative estimate of drug-likeness (QED) is 0.907. The average Bonchev–Trinajstić information content (AvgIpc) is 2.62. The maximum atomic E-state index is 13.6. The number of nitrogens with one attached hydrogen (secondary N) is 1. The first-order chi connectivity index (χ1) is 11.8. The highest BCUT2D eigenvalue weighted by atomic mass is 35.5. The minimum absolute atomic E-state index is 0. The predicted molar refractivity (Wildman–Crippen MR) is 97.1 cm³/mol. The van der Waals surface area contributed by atoms with E-state index in [9.17, 15) is 4.39 Å². The van der Waals surface area contributed by atoms with E-state index >= 15 is 0 Å². The van der Waals surface area contributed by atoms with E-state index in [0.717, 1.165) is 48.8 Å². The highest BCUT2D eigenvalue weighted by Crippen LogP contribution is 2.35. The number of fused-ring (bicyclic) bond motifs is 1. The van der Waals surface area contributed by atoms with E-state index < -0.39 is 0 Å². The Morgan fingerprint density at radius 1 is 1.12 bits per heavy atom. The first-order valence-electron chi connectivity index (χ1n) is 8.39. The molecule has 0 spiro atoms. The SMILES string of the molecule is Cl.Fc1cccc(C2CNCCN2Cc2cccc3c2OCCO3)c1. The molecular formula is C19H22ClFN2O2.